The number of ether oxygens (including phenoxy) is 1. The number of nitrogens with two attached hydrogens (primary N) is 1. The van der Waals surface area contributed by atoms with Gasteiger partial charge in [-0.1, -0.05) is 31.4 Å². The summed E-state index contributed by atoms with van der Waals surface area (Å²) in [6.07, 6.45) is 6.32. The fourth-order valence-corrected chi connectivity index (χ4v) is 2.60. The zero-order valence-electron chi connectivity index (χ0n) is 9.99. The highest BCUT2D eigenvalue weighted by Crippen LogP contribution is 2.31. The molecule has 2 atom stereocenters. The number of hydrogen-bond acceptors (Lipinski definition) is 2. The lowest BCUT2D eigenvalue weighted by molar-refractivity contribution is 0.414. The molecule has 1 aliphatic rings. The van der Waals surface area contributed by atoms with Crippen LogP contribution in [-0.4, -0.2) is 13.2 Å². The molecular weight excluding hydrogens is 198 g/mol. The van der Waals surface area contributed by atoms with Crippen molar-refractivity contribution in [1.82, 2.24) is 0 Å². The Balaban J connectivity index is 2.14. The molecule has 0 spiro atoms. The zero-order chi connectivity index (χ0) is 11.4. The Bertz CT molecular complexity index is 320. The molecule has 0 amide bonds. The van der Waals surface area contributed by atoms with Gasteiger partial charge in [-0.15, -0.1) is 0 Å². The second-order valence-corrected chi connectivity index (χ2v) is 4.68. The van der Waals surface area contributed by atoms with Gasteiger partial charge >= 0.3 is 0 Å². The minimum atomic E-state index is 0.330. The third-order valence-electron chi connectivity index (χ3n) is 3.61. The molecule has 88 valence electrons. The highest BCUT2D eigenvalue weighted by atomic mass is 16.5. The van der Waals surface area contributed by atoms with Crippen LogP contribution in [0.2, 0.25) is 0 Å². The Labute approximate surface area is 97.8 Å². The van der Waals surface area contributed by atoms with E-state index in [9.17, 15) is 0 Å². The second-order valence-electron chi connectivity index (χ2n) is 4.68. The monoisotopic (exact) mass is 219 g/mol. The molecule has 0 aromatic heterocycles. The normalized spacial score (nSPS) is 26.1. The molecule has 0 heterocycles. The molecule has 0 saturated heterocycles. The van der Waals surface area contributed by atoms with Gasteiger partial charge < -0.3 is 10.5 Å². The number of benzene rings is 1. The SMILES string of the molecule is COc1ccc(C2CCCCCC2N)cc1. The Morgan fingerprint density at radius 1 is 1.06 bits per heavy atom. The van der Waals surface area contributed by atoms with Crippen molar-refractivity contribution in [2.75, 3.05) is 7.11 Å². The molecule has 1 fully saturated rings. The van der Waals surface area contributed by atoms with Crippen molar-refractivity contribution in [2.24, 2.45) is 5.73 Å². The summed E-state index contributed by atoms with van der Waals surface area (Å²) < 4.78 is 5.18. The van der Waals surface area contributed by atoms with Crippen LogP contribution in [0.5, 0.6) is 5.75 Å². The predicted octanol–water partition coefficient (Wildman–Crippen LogP) is 3.07. The van der Waals surface area contributed by atoms with Crippen LogP contribution < -0.4 is 10.5 Å². The summed E-state index contributed by atoms with van der Waals surface area (Å²) in [5, 5.41) is 0. The van der Waals surface area contributed by atoms with Gasteiger partial charge in [0.1, 0.15) is 5.75 Å². The van der Waals surface area contributed by atoms with Crippen LogP contribution in [0, 0.1) is 0 Å². The smallest absolute Gasteiger partial charge is 0.118 e. The zero-order valence-corrected chi connectivity index (χ0v) is 9.99. The standard InChI is InChI=1S/C14H21NO/c1-16-12-9-7-11(8-10-12)13-5-3-2-4-6-14(13)15/h7-10,13-14H,2-6,15H2,1H3. The number of hydrogen-bond donors (Lipinski definition) is 1. The van der Waals surface area contributed by atoms with Gasteiger partial charge in [0.05, 0.1) is 7.11 Å². The van der Waals surface area contributed by atoms with E-state index in [4.69, 9.17) is 10.5 Å². The van der Waals surface area contributed by atoms with Crippen LogP contribution in [0.1, 0.15) is 43.6 Å². The van der Waals surface area contributed by atoms with Crippen molar-refractivity contribution >= 4 is 0 Å². The van der Waals surface area contributed by atoms with E-state index < -0.39 is 0 Å². The quantitative estimate of drug-likeness (QED) is 0.776. The lowest BCUT2D eigenvalue weighted by Gasteiger charge is -2.21. The third-order valence-corrected chi connectivity index (χ3v) is 3.61. The predicted molar refractivity (Wildman–Crippen MR) is 66.8 cm³/mol. The van der Waals surface area contributed by atoms with E-state index in [0.29, 0.717) is 12.0 Å². The molecule has 0 bridgehead atoms. The van der Waals surface area contributed by atoms with Crippen molar-refractivity contribution in [3.8, 4) is 5.75 Å². The summed E-state index contributed by atoms with van der Waals surface area (Å²) in [6, 6.07) is 8.72. The van der Waals surface area contributed by atoms with Crippen LogP contribution in [0.15, 0.2) is 24.3 Å². The first kappa shape index (κ1) is 11.5. The second kappa shape index (κ2) is 5.35. The van der Waals surface area contributed by atoms with Crippen LogP contribution in [0.25, 0.3) is 0 Å². The lowest BCUT2D eigenvalue weighted by atomic mass is 9.88. The number of rotatable bonds is 2. The molecule has 2 rings (SSSR count). The molecule has 0 aliphatic heterocycles. The Morgan fingerprint density at radius 3 is 2.44 bits per heavy atom. The Kier molecular flexibility index (Phi) is 3.83. The maximum Gasteiger partial charge on any atom is 0.118 e. The summed E-state index contributed by atoms with van der Waals surface area (Å²) in [7, 11) is 1.70. The molecule has 1 aliphatic carbocycles. The summed E-state index contributed by atoms with van der Waals surface area (Å²) in [5.74, 6) is 1.46. The average Bonchev–Trinajstić information content (AvgIpc) is 2.54. The molecule has 1 saturated carbocycles. The fourth-order valence-electron chi connectivity index (χ4n) is 2.60. The van der Waals surface area contributed by atoms with E-state index in [1.807, 2.05) is 12.1 Å². The fraction of sp³-hybridized carbons (Fsp3) is 0.571. The minimum Gasteiger partial charge on any atom is -0.497 e. The van der Waals surface area contributed by atoms with Crippen molar-refractivity contribution in [2.45, 2.75) is 44.1 Å². The first-order valence-electron chi connectivity index (χ1n) is 6.21. The first-order chi connectivity index (χ1) is 7.81. The van der Waals surface area contributed by atoms with Gasteiger partial charge in [0.15, 0.2) is 0 Å². The molecular formula is C14H21NO. The van der Waals surface area contributed by atoms with Gasteiger partial charge in [0.25, 0.3) is 0 Å². The molecule has 1 aromatic rings. The molecule has 2 N–H and O–H groups in total. The van der Waals surface area contributed by atoms with Crippen molar-refractivity contribution in [1.29, 1.82) is 0 Å². The average molecular weight is 219 g/mol. The van der Waals surface area contributed by atoms with Crippen molar-refractivity contribution in [3.63, 3.8) is 0 Å². The van der Waals surface area contributed by atoms with E-state index >= 15 is 0 Å². The number of methoxy groups -OCH3 is 1. The summed E-state index contributed by atoms with van der Waals surface area (Å²) in [5.41, 5.74) is 7.62. The van der Waals surface area contributed by atoms with Gasteiger partial charge in [-0.2, -0.15) is 0 Å². The molecule has 2 heteroatoms. The first-order valence-corrected chi connectivity index (χ1v) is 6.21. The van der Waals surface area contributed by atoms with E-state index in [1.165, 1.54) is 31.2 Å². The minimum absolute atomic E-state index is 0.330. The van der Waals surface area contributed by atoms with Crippen LogP contribution in [0.3, 0.4) is 0 Å². The Hall–Kier alpha value is -1.02. The molecule has 0 radical (unpaired) electrons. The van der Waals surface area contributed by atoms with Crippen molar-refractivity contribution in [3.05, 3.63) is 29.8 Å². The van der Waals surface area contributed by atoms with Gasteiger partial charge in [-0.3, -0.25) is 0 Å². The van der Waals surface area contributed by atoms with Gasteiger partial charge in [0.2, 0.25) is 0 Å². The van der Waals surface area contributed by atoms with Crippen molar-refractivity contribution < 1.29 is 4.74 Å². The molecule has 2 unspecified atom stereocenters. The largest absolute Gasteiger partial charge is 0.497 e. The third kappa shape index (κ3) is 2.56. The molecule has 1 aromatic carbocycles. The summed E-state index contributed by atoms with van der Waals surface area (Å²) in [4.78, 5) is 0. The maximum absolute atomic E-state index is 6.25. The molecule has 2 nitrogen and oxygen atoms in total. The Morgan fingerprint density at radius 2 is 1.75 bits per heavy atom. The molecule has 16 heavy (non-hydrogen) atoms. The maximum atomic E-state index is 6.25. The topological polar surface area (TPSA) is 35.2 Å². The van der Waals surface area contributed by atoms with Crippen LogP contribution >= 0.6 is 0 Å². The van der Waals surface area contributed by atoms with Crippen LogP contribution in [-0.2, 0) is 0 Å². The van der Waals surface area contributed by atoms with E-state index in [-0.39, 0.29) is 0 Å². The summed E-state index contributed by atoms with van der Waals surface area (Å²) in [6.45, 7) is 0. The highest BCUT2D eigenvalue weighted by Gasteiger charge is 2.21. The van der Waals surface area contributed by atoms with E-state index in [0.717, 1.165) is 12.2 Å². The van der Waals surface area contributed by atoms with Crippen LogP contribution in [0.4, 0.5) is 0 Å². The lowest BCUT2D eigenvalue weighted by Crippen LogP contribution is -2.27. The van der Waals surface area contributed by atoms with E-state index in [2.05, 4.69) is 12.1 Å². The van der Waals surface area contributed by atoms with Gasteiger partial charge in [0, 0.05) is 6.04 Å². The van der Waals surface area contributed by atoms with E-state index in [1.54, 1.807) is 7.11 Å². The summed E-state index contributed by atoms with van der Waals surface area (Å²) >= 11 is 0. The van der Waals surface area contributed by atoms with Gasteiger partial charge in [-0.05, 0) is 36.5 Å². The van der Waals surface area contributed by atoms with Gasteiger partial charge in [-0.25, -0.2) is 0 Å². The highest BCUT2D eigenvalue weighted by molar-refractivity contribution is 5.30.